The first-order valence-corrected chi connectivity index (χ1v) is 8.00. The predicted molar refractivity (Wildman–Crippen MR) is 84.0 cm³/mol. The molecule has 1 fully saturated rings. The molecule has 5 nitrogen and oxygen atoms in total. The lowest BCUT2D eigenvalue weighted by Crippen LogP contribution is -2.29. The summed E-state index contributed by atoms with van der Waals surface area (Å²) in [5.74, 6) is 2.96. The third-order valence-electron chi connectivity index (χ3n) is 4.11. The van der Waals surface area contributed by atoms with Crippen molar-refractivity contribution in [1.29, 1.82) is 0 Å². The minimum Gasteiger partial charge on any atom is -0.494 e. The van der Waals surface area contributed by atoms with Crippen molar-refractivity contribution in [2.75, 3.05) is 26.7 Å². The molecule has 2 heterocycles. The van der Waals surface area contributed by atoms with Crippen LogP contribution in [-0.2, 0) is 6.42 Å². The van der Waals surface area contributed by atoms with Crippen molar-refractivity contribution in [3.8, 4) is 5.75 Å². The normalized spacial score (nSPS) is 16.8. The fourth-order valence-corrected chi connectivity index (χ4v) is 2.73. The Kier molecular flexibility index (Phi) is 5.06. The summed E-state index contributed by atoms with van der Waals surface area (Å²) in [6, 6.07) is 9.86. The number of para-hydroxylation sites is 1. The van der Waals surface area contributed by atoms with Crippen molar-refractivity contribution in [2.24, 2.45) is 0 Å². The third kappa shape index (κ3) is 4.07. The van der Waals surface area contributed by atoms with E-state index in [-0.39, 0.29) is 0 Å². The average Bonchev–Trinajstić information content (AvgIpc) is 3.02. The second-order valence-electron chi connectivity index (χ2n) is 5.89. The van der Waals surface area contributed by atoms with Gasteiger partial charge in [0.05, 0.1) is 6.61 Å². The van der Waals surface area contributed by atoms with Gasteiger partial charge in [-0.2, -0.15) is 4.98 Å². The van der Waals surface area contributed by atoms with E-state index in [9.17, 15) is 0 Å². The Balaban J connectivity index is 1.42. The zero-order valence-electron chi connectivity index (χ0n) is 13.1. The molecule has 1 aromatic heterocycles. The summed E-state index contributed by atoms with van der Waals surface area (Å²) >= 11 is 0. The Bertz CT molecular complexity index is 562. The number of ether oxygens (including phenoxy) is 1. The Hall–Kier alpha value is -1.88. The molecule has 118 valence electrons. The van der Waals surface area contributed by atoms with Gasteiger partial charge in [0.2, 0.25) is 5.89 Å². The molecule has 0 atom stereocenters. The second-order valence-corrected chi connectivity index (χ2v) is 5.89. The van der Waals surface area contributed by atoms with Gasteiger partial charge in [-0.15, -0.1) is 0 Å². The van der Waals surface area contributed by atoms with Gasteiger partial charge in [-0.3, -0.25) is 0 Å². The van der Waals surface area contributed by atoms with Crippen molar-refractivity contribution >= 4 is 0 Å². The van der Waals surface area contributed by atoms with E-state index in [0.717, 1.165) is 56.2 Å². The number of hydrogen-bond acceptors (Lipinski definition) is 5. The van der Waals surface area contributed by atoms with Gasteiger partial charge in [0, 0.05) is 12.3 Å². The van der Waals surface area contributed by atoms with Gasteiger partial charge in [0.1, 0.15) is 5.75 Å². The van der Waals surface area contributed by atoms with Crippen LogP contribution in [0.4, 0.5) is 0 Å². The van der Waals surface area contributed by atoms with Crippen LogP contribution in [0.15, 0.2) is 34.9 Å². The SMILES string of the molecule is CN1CCC(c2noc(CCCOc3ccccc3)n2)CC1. The largest absolute Gasteiger partial charge is 0.494 e. The monoisotopic (exact) mass is 301 g/mol. The molecule has 1 saturated heterocycles. The predicted octanol–water partition coefficient (Wildman–Crippen LogP) is 2.89. The fraction of sp³-hybridized carbons (Fsp3) is 0.529. The fourth-order valence-electron chi connectivity index (χ4n) is 2.73. The van der Waals surface area contributed by atoms with Gasteiger partial charge in [0.15, 0.2) is 5.82 Å². The summed E-state index contributed by atoms with van der Waals surface area (Å²) in [6.45, 7) is 2.88. The molecule has 0 amide bonds. The van der Waals surface area contributed by atoms with E-state index in [1.165, 1.54) is 0 Å². The van der Waals surface area contributed by atoms with Crippen molar-refractivity contribution < 1.29 is 9.26 Å². The number of rotatable bonds is 6. The highest BCUT2D eigenvalue weighted by atomic mass is 16.5. The second kappa shape index (κ2) is 7.40. The highest BCUT2D eigenvalue weighted by molar-refractivity contribution is 5.20. The van der Waals surface area contributed by atoms with Crippen LogP contribution in [0.25, 0.3) is 0 Å². The maximum absolute atomic E-state index is 5.67. The van der Waals surface area contributed by atoms with E-state index in [4.69, 9.17) is 9.26 Å². The van der Waals surface area contributed by atoms with E-state index < -0.39 is 0 Å². The van der Waals surface area contributed by atoms with Crippen molar-refractivity contribution in [1.82, 2.24) is 15.0 Å². The van der Waals surface area contributed by atoms with Crippen molar-refractivity contribution in [3.63, 3.8) is 0 Å². The Morgan fingerprint density at radius 2 is 2.00 bits per heavy atom. The number of aromatic nitrogens is 2. The number of benzene rings is 1. The zero-order chi connectivity index (χ0) is 15.2. The minimum atomic E-state index is 0.453. The van der Waals surface area contributed by atoms with Crippen molar-refractivity contribution in [2.45, 2.75) is 31.6 Å². The molecule has 0 unspecified atom stereocenters. The van der Waals surface area contributed by atoms with Crippen LogP contribution in [0.2, 0.25) is 0 Å². The van der Waals surface area contributed by atoms with E-state index in [1.807, 2.05) is 30.3 Å². The van der Waals surface area contributed by atoms with Gasteiger partial charge < -0.3 is 14.2 Å². The Morgan fingerprint density at radius 3 is 2.77 bits per heavy atom. The maximum Gasteiger partial charge on any atom is 0.226 e. The highest BCUT2D eigenvalue weighted by Gasteiger charge is 2.22. The number of piperidine rings is 1. The van der Waals surface area contributed by atoms with Gasteiger partial charge in [-0.05, 0) is 51.5 Å². The molecule has 3 rings (SSSR count). The molecule has 1 aliphatic heterocycles. The van der Waals surface area contributed by atoms with Gasteiger partial charge >= 0.3 is 0 Å². The minimum absolute atomic E-state index is 0.453. The van der Waals surface area contributed by atoms with E-state index in [2.05, 4.69) is 22.1 Å². The summed E-state index contributed by atoms with van der Waals surface area (Å²) < 4.78 is 11.0. The van der Waals surface area contributed by atoms with Crippen molar-refractivity contribution in [3.05, 3.63) is 42.0 Å². The molecule has 2 aromatic rings. The zero-order valence-corrected chi connectivity index (χ0v) is 13.1. The molecule has 0 bridgehead atoms. The van der Waals surface area contributed by atoms with Crippen LogP contribution < -0.4 is 4.74 Å². The first-order chi connectivity index (χ1) is 10.8. The molecule has 0 saturated carbocycles. The lowest BCUT2D eigenvalue weighted by atomic mass is 9.97. The number of likely N-dealkylation sites (tertiary alicyclic amines) is 1. The van der Waals surface area contributed by atoms with Crippen LogP contribution in [-0.4, -0.2) is 41.8 Å². The lowest BCUT2D eigenvalue weighted by molar-refractivity contribution is 0.247. The molecular weight excluding hydrogens is 278 g/mol. The van der Waals surface area contributed by atoms with E-state index >= 15 is 0 Å². The highest BCUT2D eigenvalue weighted by Crippen LogP contribution is 2.25. The number of hydrogen-bond donors (Lipinski definition) is 0. The standard InChI is InChI=1S/C17H23N3O2/c1-20-11-9-14(10-12-20)17-18-16(22-19-17)8-5-13-21-15-6-3-2-4-7-15/h2-4,6-7,14H,5,8-13H2,1H3. The molecule has 0 spiro atoms. The molecular formula is C17H23N3O2. The number of aryl methyl sites for hydroxylation is 1. The van der Waals surface area contributed by atoms with E-state index in [0.29, 0.717) is 12.5 Å². The van der Waals surface area contributed by atoms with Gasteiger partial charge in [-0.1, -0.05) is 23.4 Å². The molecule has 1 aliphatic rings. The smallest absolute Gasteiger partial charge is 0.226 e. The van der Waals surface area contributed by atoms with E-state index in [1.54, 1.807) is 0 Å². The van der Waals surface area contributed by atoms with Crippen LogP contribution in [0.3, 0.4) is 0 Å². The Labute approximate surface area is 131 Å². The molecule has 5 heteroatoms. The quantitative estimate of drug-likeness (QED) is 0.768. The topological polar surface area (TPSA) is 51.4 Å². The summed E-state index contributed by atoms with van der Waals surface area (Å²) in [5, 5.41) is 4.16. The summed E-state index contributed by atoms with van der Waals surface area (Å²) in [7, 11) is 2.16. The molecule has 0 radical (unpaired) electrons. The summed E-state index contributed by atoms with van der Waals surface area (Å²) in [5.41, 5.74) is 0. The summed E-state index contributed by atoms with van der Waals surface area (Å²) in [4.78, 5) is 6.90. The first-order valence-electron chi connectivity index (χ1n) is 8.00. The molecule has 1 aromatic carbocycles. The maximum atomic E-state index is 5.67. The summed E-state index contributed by atoms with van der Waals surface area (Å²) in [6.07, 6.45) is 3.88. The van der Waals surface area contributed by atoms with Gasteiger partial charge in [0.25, 0.3) is 0 Å². The molecule has 0 N–H and O–H groups in total. The van der Waals surface area contributed by atoms with Crippen LogP contribution >= 0.6 is 0 Å². The molecule has 0 aliphatic carbocycles. The number of nitrogens with zero attached hydrogens (tertiary/aromatic N) is 3. The van der Waals surface area contributed by atoms with Crippen LogP contribution in [0.5, 0.6) is 5.75 Å². The van der Waals surface area contributed by atoms with Crippen LogP contribution in [0, 0.1) is 0 Å². The third-order valence-corrected chi connectivity index (χ3v) is 4.11. The molecule has 22 heavy (non-hydrogen) atoms. The Morgan fingerprint density at radius 1 is 1.23 bits per heavy atom. The van der Waals surface area contributed by atoms with Crippen LogP contribution in [0.1, 0.15) is 36.9 Å². The van der Waals surface area contributed by atoms with Gasteiger partial charge in [-0.25, -0.2) is 0 Å². The first kappa shape index (κ1) is 15.0. The average molecular weight is 301 g/mol. The lowest BCUT2D eigenvalue weighted by Gasteiger charge is -2.26.